The van der Waals surface area contributed by atoms with Crippen molar-refractivity contribution >= 4 is 14.7 Å². The zero-order valence-electron chi connectivity index (χ0n) is 17.6. The zero-order valence-corrected chi connectivity index (χ0v) is 19.5. The Balaban J connectivity index is 0.00000625. The molecule has 26 heavy (non-hydrogen) atoms. The van der Waals surface area contributed by atoms with E-state index in [4.69, 9.17) is 0 Å². The molecule has 0 aliphatic carbocycles. The van der Waals surface area contributed by atoms with Gasteiger partial charge < -0.3 is 5.48 Å². The van der Waals surface area contributed by atoms with Crippen molar-refractivity contribution in [3.63, 3.8) is 0 Å². The molecule has 1 aromatic carbocycles. The van der Waals surface area contributed by atoms with E-state index in [0.29, 0.717) is 0 Å². The summed E-state index contributed by atoms with van der Waals surface area (Å²) < 4.78 is 0. The van der Waals surface area contributed by atoms with Crippen LogP contribution in [0.15, 0.2) is 30.3 Å². The summed E-state index contributed by atoms with van der Waals surface area (Å²) in [5.74, 6) is 0. The van der Waals surface area contributed by atoms with Gasteiger partial charge in [-0.15, -0.1) is 0 Å². The molecular formula is C24H45AsO. The van der Waals surface area contributed by atoms with Crippen LogP contribution in [0.25, 0.3) is 0 Å². The van der Waals surface area contributed by atoms with Gasteiger partial charge in [-0.2, -0.15) is 0 Å². The Labute approximate surface area is 168 Å². The predicted octanol–water partition coefficient (Wildman–Crippen LogP) is 7.55. The van der Waals surface area contributed by atoms with E-state index >= 15 is 0 Å². The van der Waals surface area contributed by atoms with Crippen LogP contribution in [0, 0.1) is 0 Å². The molecule has 1 atom stereocenters. The minimum atomic E-state index is -0.585. The third-order valence-electron chi connectivity index (χ3n) is 5.19. The van der Waals surface area contributed by atoms with Crippen molar-refractivity contribution in [2.75, 3.05) is 0 Å². The molecule has 0 amide bonds. The Morgan fingerprint density at radius 2 is 1.04 bits per heavy atom. The van der Waals surface area contributed by atoms with Gasteiger partial charge in [-0.05, 0) is 0 Å². The molecule has 0 saturated heterocycles. The van der Waals surface area contributed by atoms with E-state index in [-0.39, 0.29) is 5.48 Å². The smallest absolute Gasteiger partial charge is 0.412 e. The van der Waals surface area contributed by atoms with Crippen LogP contribution in [0.2, 0.25) is 10.9 Å². The van der Waals surface area contributed by atoms with Crippen LogP contribution < -0.4 is 0 Å². The van der Waals surface area contributed by atoms with E-state index in [1.807, 2.05) is 0 Å². The Bertz CT molecular complexity index is 379. The average molecular weight is 425 g/mol. The van der Waals surface area contributed by atoms with Crippen molar-refractivity contribution in [3.8, 4) is 0 Å². The normalized spacial score (nSPS) is 11.9. The fourth-order valence-electron chi connectivity index (χ4n) is 3.55. The van der Waals surface area contributed by atoms with E-state index in [1.54, 1.807) is 10.8 Å². The van der Waals surface area contributed by atoms with E-state index in [1.165, 1.54) is 95.1 Å². The van der Waals surface area contributed by atoms with E-state index in [2.05, 4.69) is 43.0 Å². The van der Waals surface area contributed by atoms with Gasteiger partial charge in [-0.1, -0.05) is 26.2 Å². The van der Waals surface area contributed by atoms with Crippen LogP contribution in [0.3, 0.4) is 0 Å². The first kappa shape index (κ1) is 25.7. The SMILES string of the molecule is CCCCCCCCCCCCCCCC[As](C)Cc1ccccc1.O. The summed E-state index contributed by atoms with van der Waals surface area (Å²) in [7, 11) is 0. The van der Waals surface area contributed by atoms with Crippen molar-refractivity contribution in [1.29, 1.82) is 0 Å². The van der Waals surface area contributed by atoms with Crippen molar-refractivity contribution < 1.29 is 5.48 Å². The van der Waals surface area contributed by atoms with Crippen molar-refractivity contribution in [3.05, 3.63) is 35.9 Å². The van der Waals surface area contributed by atoms with Gasteiger partial charge in [0.25, 0.3) is 0 Å². The number of hydrogen-bond acceptors (Lipinski definition) is 0. The first-order valence-corrected chi connectivity index (χ1v) is 15.6. The average Bonchev–Trinajstić information content (AvgIpc) is 2.63. The second-order valence-corrected chi connectivity index (χ2v) is 13.0. The Morgan fingerprint density at radius 3 is 1.50 bits per heavy atom. The second-order valence-electron chi connectivity index (χ2n) is 7.82. The molecule has 1 aromatic rings. The molecule has 0 spiro atoms. The van der Waals surface area contributed by atoms with E-state index in [0.717, 1.165) is 0 Å². The van der Waals surface area contributed by atoms with Crippen LogP contribution >= 0.6 is 0 Å². The molecule has 2 N–H and O–H groups in total. The zero-order chi connectivity index (χ0) is 18.0. The summed E-state index contributed by atoms with van der Waals surface area (Å²) in [6, 6.07) is 11.1. The minimum absolute atomic E-state index is 0. The first-order valence-electron chi connectivity index (χ1n) is 11.1. The molecule has 0 heterocycles. The molecule has 0 aliphatic rings. The summed E-state index contributed by atoms with van der Waals surface area (Å²) in [6.07, 6.45) is 20.5. The van der Waals surface area contributed by atoms with Gasteiger partial charge in [0.05, 0.1) is 0 Å². The van der Waals surface area contributed by atoms with Gasteiger partial charge in [-0.3, -0.25) is 0 Å². The quantitative estimate of drug-likeness (QED) is 0.183. The Kier molecular flexibility index (Phi) is 19.3. The molecule has 2 heteroatoms. The maximum atomic E-state index is 2.56. The fraction of sp³-hybridized carbons (Fsp3) is 0.750. The van der Waals surface area contributed by atoms with Gasteiger partial charge in [0, 0.05) is 0 Å². The molecule has 1 rings (SSSR count). The van der Waals surface area contributed by atoms with Crippen LogP contribution in [-0.2, 0) is 5.21 Å². The summed E-state index contributed by atoms with van der Waals surface area (Å²) in [5.41, 5.74) is 4.12. The van der Waals surface area contributed by atoms with Crippen molar-refractivity contribution in [2.24, 2.45) is 0 Å². The van der Waals surface area contributed by atoms with Gasteiger partial charge in [0.15, 0.2) is 0 Å². The van der Waals surface area contributed by atoms with E-state index < -0.39 is 14.7 Å². The van der Waals surface area contributed by atoms with Gasteiger partial charge in [0.1, 0.15) is 0 Å². The molecule has 1 nitrogen and oxygen atoms in total. The third-order valence-corrected chi connectivity index (χ3v) is 9.35. The van der Waals surface area contributed by atoms with Crippen molar-refractivity contribution in [1.82, 2.24) is 0 Å². The molecule has 1 unspecified atom stereocenters. The summed E-state index contributed by atoms with van der Waals surface area (Å²) >= 11 is -0.585. The Morgan fingerprint density at radius 1 is 0.615 bits per heavy atom. The number of hydrogen-bond donors (Lipinski definition) is 0. The molecule has 0 fully saturated rings. The van der Waals surface area contributed by atoms with Gasteiger partial charge >= 0.3 is 137 Å². The van der Waals surface area contributed by atoms with Crippen LogP contribution in [-0.4, -0.2) is 20.1 Å². The van der Waals surface area contributed by atoms with Crippen LogP contribution in [0.5, 0.6) is 0 Å². The van der Waals surface area contributed by atoms with Gasteiger partial charge in [-0.25, -0.2) is 0 Å². The third kappa shape index (κ3) is 16.0. The summed E-state index contributed by atoms with van der Waals surface area (Å²) in [5, 5.41) is 2.94. The summed E-state index contributed by atoms with van der Waals surface area (Å²) in [6.45, 7) is 2.30. The van der Waals surface area contributed by atoms with Crippen LogP contribution in [0.1, 0.15) is 102 Å². The second kappa shape index (κ2) is 19.5. The van der Waals surface area contributed by atoms with Gasteiger partial charge in [0.2, 0.25) is 0 Å². The predicted molar refractivity (Wildman–Crippen MR) is 120 cm³/mol. The molecule has 0 bridgehead atoms. The molecule has 0 aliphatic heterocycles. The molecule has 0 aromatic heterocycles. The summed E-state index contributed by atoms with van der Waals surface area (Å²) in [4.78, 5) is 0. The number of unbranched alkanes of at least 4 members (excludes halogenated alkanes) is 13. The molecule has 0 radical (unpaired) electrons. The molecule has 0 saturated carbocycles. The fourth-order valence-corrected chi connectivity index (χ4v) is 7.23. The maximum absolute atomic E-state index is 2.56. The largest absolute Gasteiger partial charge is 0.412 e. The monoisotopic (exact) mass is 424 g/mol. The standard InChI is InChI=1S/C24H43As.H2O/c1-3-4-5-6-7-8-9-10-11-12-13-14-15-19-22-25(2)23-24-20-17-16-18-21-24;/h16-18,20-21H,3-15,19,22-23H2,1-2H3;1H2. The van der Waals surface area contributed by atoms with Crippen LogP contribution in [0.4, 0.5) is 0 Å². The van der Waals surface area contributed by atoms with Crippen molar-refractivity contribution in [2.45, 2.75) is 113 Å². The topological polar surface area (TPSA) is 31.5 Å². The Hall–Kier alpha value is -0.262. The molecular weight excluding hydrogens is 379 g/mol. The number of benzene rings is 1. The first-order chi connectivity index (χ1) is 12.3. The molecule has 152 valence electrons. The van der Waals surface area contributed by atoms with E-state index in [9.17, 15) is 0 Å². The number of rotatable bonds is 17. The maximum Gasteiger partial charge on any atom is -0.412 e. The minimum Gasteiger partial charge on any atom is -0.412 e.